The summed E-state index contributed by atoms with van der Waals surface area (Å²) in [7, 11) is 0. The summed E-state index contributed by atoms with van der Waals surface area (Å²) in [5.74, 6) is 0.647. The Hall–Kier alpha value is -0.490. The molecule has 0 saturated heterocycles. The molecule has 0 bridgehead atoms. The van der Waals surface area contributed by atoms with Gasteiger partial charge in [0.15, 0.2) is 0 Å². The monoisotopic (exact) mass is 294 g/mol. The summed E-state index contributed by atoms with van der Waals surface area (Å²) >= 11 is 5.97. The molecule has 114 valence electrons. The van der Waals surface area contributed by atoms with Crippen LogP contribution in [-0.2, 0) is 12.3 Å². The quantitative estimate of drug-likeness (QED) is 0.291. The van der Waals surface area contributed by atoms with Gasteiger partial charge in [0.05, 0.1) is 0 Å². The number of hydrogen-bond acceptors (Lipinski definition) is 0. The Balaban J connectivity index is 1.97. The van der Waals surface area contributed by atoms with Crippen molar-refractivity contribution in [3.05, 3.63) is 35.4 Å². The molecule has 0 amide bonds. The first-order valence-electron chi connectivity index (χ1n) is 8.51. The molecule has 20 heavy (non-hydrogen) atoms. The molecule has 0 aliphatic carbocycles. The third kappa shape index (κ3) is 7.94. The SMILES string of the molecule is CCCCCCCCCCCCc1ccccc1CCl. The van der Waals surface area contributed by atoms with Crippen molar-refractivity contribution in [2.45, 2.75) is 83.4 Å². The normalized spacial score (nSPS) is 10.9. The zero-order chi connectivity index (χ0) is 14.5. The first-order chi connectivity index (χ1) is 9.88. The summed E-state index contributed by atoms with van der Waals surface area (Å²) in [5, 5.41) is 0. The second-order valence-corrected chi connectivity index (χ2v) is 6.10. The van der Waals surface area contributed by atoms with Crippen LogP contribution in [0.4, 0.5) is 0 Å². The summed E-state index contributed by atoms with van der Waals surface area (Å²) in [6.45, 7) is 2.28. The summed E-state index contributed by atoms with van der Waals surface area (Å²) in [6, 6.07) is 8.59. The van der Waals surface area contributed by atoms with E-state index in [2.05, 4.69) is 31.2 Å². The van der Waals surface area contributed by atoms with Crippen molar-refractivity contribution in [3.8, 4) is 0 Å². The van der Waals surface area contributed by atoms with Gasteiger partial charge in [0, 0.05) is 5.88 Å². The maximum atomic E-state index is 5.97. The number of benzene rings is 1. The van der Waals surface area contributed by atoms with Gasteiger partial charge in [-0.05, 0) is 24.0 Å². The van der Waals surface area contributed by atoms with Crippen LogP contribution < -0.4 is 0 Å². The predicted octanol–water partition coefficient (Wildman–Crippen LogP) is 6.89. The van der Waals surface area contributed by atoms with Gasteiger partial charge in [-0.1, -0.05) is 89.0 Å². The van der Waals surface area contributed by atoms with Crippen molar-refractivity contribution < 1.29 is 0 Å². The van der Waals surface area contributed by atoms with E-state index in [1.54, 1.807) is 0 Å². The lowest BCUT2D eigenvalue weighted by atomic mass is 10.0. The predicted molar refractivity (Wildman–Crippen MR) is 91.5 cm³/mol. The molecule has 1 rings (SSSR count). The molecule has 0 saturated carbocycles. The fraction of sp³-hybridized carbons (Fsp3) is 0.684. The Bertz CT molecular complexity index is 332. The molecule has 0 radical (unpaired) electrons. The second-order valence-electron chi connectivity index (χ2n) is 5.83. The van der Waals surface area contributed by atoms with Gasteiger partial charge in [0.25, 0.3) is 0 Å². The van der Waals surface area contributed by atoms with E-state index >= 15 is 0 Å². The van der Waals surface area contributed by atoms with Crippen molar-refractivity contribution in [1.29, 1.82) is 0 Å². The highest BCUT2D eigenvalue weighted by Gasteiger charge is 2.00. The average Bonchev–Trinajstić information content (AvgIpc) is 2.49. The molecule has 0 aromatic heterocycles. The number of rotatable bonds is 12. The van der Waals surface area contributed by atoms with E-state index in [4.69, 9.17) is 11.6 Å². The van der Waals surface area contributed by atoms with Crippen LogP contribution in [0.1, 0.15) is 82.3 Å². The summed E-state index contributed by atoms with van der Waals surface area (Å²) in [6.07, 6.45) is 15.2. The topological polar surface area (TPSA) is 0 Å². The number of halogens is 1. The van der Waals surface area contributed by atoms with Crippen LogP contribution in [-0.4, -0.2) is 0 Å². The van der Waals surface area contributed by atoms with Gasteiger partial charge in [0.2, 0.25) is 0 Å². The molecular weight excluding hydrogens is 264 g/mol. The lowest BCUT2D eigenvalue weighted by Crippen LogP contribution is -1.92. The van der Waals surface area contributed by atoms with Crippen molar-refractivity contribution in [1.82, 2.24) is 0 Å². The van der Waals surface area contributed by atoms with Crippen LogP contribution >= 0.6 is 11.6 Å². The molecular formula is C19H31Cl. The fourth-order valence-electron chi connectivity index (χ4n) is 2.73. The molecule has 0 heterocycles. The Morgan fingerprint density at radius 2 is 1.20 bits per heavy atom. The van der Waals surface area contributed by atoms with Crippen molar-refractivity contribution in [2.75, 3.05) is 0 Å². The largest absolute Gasteiger partial charge is 0.122 e. The molecule has 0 N–H and O–H groups in total. The lowest BCUT2D eigenvalue weighted by molar-refractivity contribution is 0.556. The molecule has 0 spiro atoms. The van der Waals surface area contributed by atoms with E-state index < -0.39 is 0 Å². The van der Waals surface area contributed by atoms with E-state index in [-0.39, 0.29) is 0 Å². The summed E-state index contributed by atoms with van der Waals surface area (Å²) < 4.78 is 0. The third-order valence-electron chi connectivity index (χ3n) is 4.06. The van der Waals surface area contributed by atoms with Crippen LogP contribution in [0.5, 0.6) is 0 Å². The summed E-state index contributed by atoms with van der Waals surface area (Å²) in [5.41, 5.74) is 2.76. The highest BCUT2D eigenvalue weighted by molar-refractivity contribution is 6.17. The molecule has 0 fully saturated rings. The van der Waals surface area contributed by atoms with Crippen LogP contribution in [0.15, 0.2) is 24.3 Å². The van der Waals surface area contributed by atoms with E-state index in [1.165, 1.54) is 81.8 Å². The zero-order valence-electron chi connectivity index (χ0n) is 13.2. The molecule has 0 aliphatic rings. The summed E-state index contributed by atoms with van der Waals surface area (Å²) in [4.78, 5) is 0. The minimum atomic E-state index is 0.647. The first-order valence-corrected chi connectivity index (χ1v) is 9.04. The molecule has 0 unspecified atom stereocenters. The van der Waals surface area contributed by atoms with Gasteiger partial charge in [-0.15, -0.1) is 11.6 Å². The van der Waals surface area contributed by atoms with Crippen molar-refractivity contribution in [3.63, 3.8) is 0 Å². The average molecular weight is 295 g/mol. The number of aryl methyl sites for hydroxylation is 1. The zero-order valence-corrected chi connectivity index (χ0v) is 13.9. The molecule has 1 heteroatoms. The van der Waals surface area contributed by atoms with Gasteiger partial charge >= 0.3 is 0 Å². The molecule has 0 nitrogen and oxygen atoms in total. The second kappa shape index (κ2) is 12.3. The third-order valence-corrected chi connectivity index (χ3v) is 4.35. The van der Waals surface area contributed by atoms with Gasteiger partial charge in [-0.25, -0.2) is 0 Å². The van der Waals surface area contributed by atoms with Crippen LogP contribution in [0, 0.1) is 0 Å². The first kappa shape index (κ1) is 17.6. The smallest absolute Gasteiger partial charge is 0.0476 e. The fourth-order valence-corrected chi connectivity index (χ4v) is 3.00. The maximum Gasteiger partial charge on any atom is 0.0476 e. The van der Waals surface area contributed by atoms with Crippen LogP contribution in [0.25, 0.3) is 0 Å². The van der Waals surface area contributed by atoms with E-state index in [9.17, 15) is 0 Å². The molecule has 1 aromatic carbocycles. The molecule has 1 aromatic rings. The number of hydrogen-bond donors (Lipinski definition) is 0. The number of alkyl halides is 1. The highest BCUT2D eigenvalue weighted by Crippen LogP contribution is 2.16. The van der Waals surface area contributed by atoms with Gasteiger partial charge < -0.3 is 0 Å². The van der Waals surface area contributed by atoms with Crippen molar-refractivity contribution >= 4 is 11.6 Å². The van der Waals surface area contributed by atoms with Gasteiger partial charge in [0.1, 0.15) is 0 Å². The van der Waals surface area contributed by atoms with Gasteiger partial charge in [-0.3, -0.25) is 0 Å². The van der Waals surface area contributed by atoms with Crippen LogP contribution in [0.2, 0.25) is 0 Å². The van der Waals surface area contributed by atoms with Gasteiger partial charge in [-0.2, -0.15) is 0 Å². The Morgan fingerprint density at radius 3 is 1.75 bits per heavy atom. The van der Waals surface area contributed by atoms with Crippen LogP contribution in [0.3, 0.4) is 0 Å². The Labute approximate surface area is 130 Å². The Kier molecular flexibility index (Phi) is 10.8. The molecule has 0 atom stereocenters. The van der Waals surface area contributed by atoms with E-state index in [0.29, 0.717) is 5.88 Å². The van der Waals surface area contributed by atoms with E-state index in [0.717, 1.165) is 0 Å². The lowest BCUT2D eigenvalue weighted by Gasteiger charge is -2.06. The highest BCUT2D eigenvalue weighted by atomic mass is 35.5. The minimum Gasteiger partial charge on any atom is -0.122 e. The van der Waals surface area contributed by atoms with Crippen molar-refractivity contribution in [2.24, 2.45) is 0 Å². The minimum absolute atomic E-state index is 0.647. The standard InChI is InChI=1S/C19H31Cl/c1-2-3-4-5-6-7-8-9-10-11-14-18-15-12-13-16-19(18)17-20/h12-13,15-16H,2-11,14,17H2,1H3. The Morgan fingerprint density at radius 1 is 0.700 bits per heavy atom. The van der Waals surface area contributed by atoms with E-state index in [1.807, 2.05) is 0 Å². The molecule has 0 aliphatic heterocycles. The maximum absolute atomic E-state index is 5.97. The number of unbranched alkanes of at least 4 members (excludes halogenated alkanes) is 9.